The van der Waals surface area contributed by atoms with Gasteiger partial charge in [-0.05, 0) is 13.3 Å². The Morgan fingerprint density at radius 1 is 1.43 bits per heavy atom. The van der Waals surface area contributed by atoms with Gasteiger partial charge in [0.1, 0.15) is 5.69 Å². The molecule has 0 bridgehead atoms. The smallest absolute Gasteiger partial charge is 0.274 e. The number of hydrogen-bond donors (Lipinski definition) is 0. The van der Waals surface area contributed by atoms with Crippen LogP contribution in [-0.2, 0) is 14.6 Å². The van der Waals surface area contributed by atoms with Crippen LogP contribution in [0.25, 0.3) is 0 Å². The van der Waals surface area contributed by atoms with Crippen LogP contribution in [0, 0.1) is 6.92 Å². The Labute approximate surface area is 124 Å². The van der Waals surface area contributed by atoms with Gasteiger partial charge in [0.2, 0.25) is 0 Å². The molecule has 8 heteroatoms. The summed E-state index contributed by atoms with van der Waals surface area (Å²) in [6, 6.07) is -0.319. The summed E-state index contributed by atoms with van der Waals surface area (Å²) in [5.74, 6) is -0.183. The van der Waals surface area contributed by atoms with E-state index in [9.17, 15) is 13.2 Å². The molecule has 0 saturated carbocycles. The summed E-state index contributed by atoms with van der Waals surface area (Å²) >= 11 is 0. The number of hydrogen-bond acceptors (Lipinski definition) is 6. The van der Waals surface area contributed by atoms with Gasteiger partial charge in [0.05, 0.1) is 30.0 Å². The van der Waals surface area contributed by atoms with Crippen molar-refractivity contribution >= 4 is 15.7 Å². The number of carbonyl (C=O) groups is 1. The number of aryl methyl sites for hydroxylation is 1. The average Bonchev–Trinajstić information content (AvgIpc) is 2.80. The zero-order chi connectivity index (χ0) is 15.5. The summed E-state index contributed by atoms with van der Waals surface area (Å²) in [4.78, 5) is 22.2. The molecular weight excluding hydrogens is 294 g/mol. The molecule has 1 atom stereocenters. The fourth-order valence-corrected chi connectivity index (χ4v) is 4.04. The van der Waals surface area contributed by atoms with Crippen molar-refractivity contribution in [2.24, 2.45) is 0 Å². The maximum atomic E-state index is 12.5. The van der Waals surface area contributed by atoms with E-state index in [4.69, 9.17) is 4.74 Å². The van der Waals surface area contributed by atoms with E-state index in [2.05, 4.69) is 9.97 Å². The van der Waals surface area contributed by atoms with Crippen molar-refractivity contribution in [3.05, 3.63) is 23.8 Å². The third kappa shape index (κ3) is 3.98. The van der Waals surface area contributed by atoms with Crippen LogP contribution < -0.4 is 0 Å². The van der Waals surface area contributed by atoms with E-state index in [0.717, 1.165) is 5.69 Å². The van der Waals surface area contributed by atoms with Gasteiger partial charge in [0.25, 0.3) is 5.91 Å². The highest BCUT2D eigenvalue weighted by Gasteiger charge is 2.35. The second kappa shape index (κ2) is 6.48. The fourth-order valence-electron chi connectivity index (χ4n) is 2.31. The Morgan fingerprint density at radius 2 is 2.19 bits per heavy atom. The normalized spacial score (nSPS) is 20.4. The van der Waals surface area contributed by atoms with Crippen LogP contribution in [0.5, 0.6) is 0 Å². The number of ether oxygens (including phenoxy) is 1. The summed E-state index contributed by atoms with van der Waals surface area (Å²) in [5, 5.41) is 0. The van der Waals surface area contributed by atoms with E-state index in [1.54, 1.807) is 14.0 Å². The van der Waals surface area contributed by atoms with Crippen LogP contribution in [0.4, 0.5) is 0 Å². The molecule has 1 aliphatic heterocycles. The van der Waals surface area contributed by atoms with Gasteiger partial charge >= 0.3 is 0 Å². The molecule has 116 valence electrons. The molecule has 1 saturated heterocycles. The second-order valence-corrected chi connectivity index (χ2v) is 7.32. The van der Waals surface area contributed by atoms with Gasteiger partial charge in [-0.25, -0.2) is 13.4 Å². The van der Waals surface area contributed by atoms with Crippen molar-refractivity contribution in [1.29, 1.82) is 0 Å². The minimum atomic E-state index is -3.06. The molecule has 1 fully saturated rings. The molecule has 21 heavy (non-hydrogen) atoms. The van der Waals surface area contributed by atoms with Crippen LogP contribution in [0.1, 0.15) is 22.6 Å². The van der Waals surface area contributed by atoms with E-state index < -0.39 is 9.84 Å². The maximum Gasteiger partial charge on any atom is 0.274 e. The van der Waals surface area contributed by atoms with Crippen molar-refractivity contribution in [2.45, 2.75) is 19.4 Å². The van der Waals surface area contributed by atoms with Gasteiger partial charge in [-0.1, -0.05) is 0 Å². The Hall–Kier alpha value is -1.54. The number of sulfone groups is 1. The summed E-state index contributed by atoms with van der Waals surface area (Å²) < 4.78 is 28.3. The first-order valence-electron chi connectivity index (χ1n) is 6.72. The largest absolute Gasteiger partial charge is 0.383 e. The summed E-state index contributed by atoms with van der Waals surface area (Å²) in [6.07, 6.45) is 3.39. The predicted molar refractivity (Wildman–Crippen MR) is 76.7 cm³/mol. The minimum Gasteiger partial charge on any atom is -0.383 e. The van der Waals surface area contributed by atoms with Crippen molar-refractivity contribution in [2.75, 3.05) is 31.8 Å². The van der Waals surface area contributed by atoms with Crippen LogP contribution in [0.3, 0.4) is 0 Å². The quantitative estimate of drug-likeness (QED) is 0.763. The third-order valence-electron chi connectivity index (χ3n) is 3.45. The van der Waals surface area contributed by atoms with Crippen LogP contribution >= 0.6 is 0 Å². The molecule has 0 N–H and O–H groups in total. The Balaban J connectivity index is 2.19. The van der Waals surface area contributed by atoms with Crippen molar-refractivity contribution < 1.29 is 17.9 Å². The zero-order valence-electron chi connectivity index (χ0n) is 12.2. The number of nitrogens with zero attached hydrogens (tertiary/aromatic N) is 3. The monoisotopic (exact) mass is 313 g/mol. The molecule has 1 aromatic heterocycles. The third-order valence-corrected chi connectivity index (χ3v) is 5.20. The van der Waals surface area contributed by atoms with Crippen molar-refractivity contribution in [1.82, 2.24) is 14.9 Å². The lowest BCUT2D eigenvalue weighted by Crippen LogP contribution is -2.43. The molecule has 1 amide bonds. The van der Waals surface area contributed by atoms with Crippen LogP contribution in [0.15, 0.2) is 12.4 Å². The SMILES string of the molecule is COCCN(C(=O)c1cnc(C)cn1)C1CCS(=O)(=O)C1. The van der Waals surface area contributed by atoms with Gasteiger partial charge in [0, 0.05) is 25.9 Å². The van der Waals surface area contributed by atoms with E-state index >= 15 is 0 Å². The first-order valence-corrected chi connectivity index (χ1v) is 8.54. The van der Waals surface area contributed by atoms with E-state index in [1.807, 2.05) is 0 Å². The van der Waals surface area contributed by atoms with Gasteiger partial charge in [-0.15, -0.1) is 0 Å². The first kappa shape index (κ1) is 15.8. The number of methoxy groups -OCH3 is 1. The number of rotatable bonds is 5. The molecule has 2 rings (SSSR count). The summed E-state index contributed by atoms with van der Waals surface area (Å²) in [6.45, 7) is 2.47. The molecule has 0 aromatic carbocycles. The molecule has 7 nitrogen and oxygen atoms in total. The van der Waals surface area contributed by atoms with Crippen LogP contribution in [0.2, 0.25) is 0 Å². The van der Waals surface area contributed by atoms with E-state index in [-0.39, 0.29) is 29.1 Å². The highest BCUT2D eigenvalue weighted by molar-refractivity contribution is 7.91. The number of carbonyl (C=O) groups excluding carboxylic acids is 1. The summed E-state index contributed by atoms with van der Waals surface area (Å²) in [7, 11) is -1.52. The highest BCUT2D eigenvalue weighted by Crippen LogP contribution is 2.19. The Bertz CT molecular complexity index is 600. The lowest BCUT2D eigenvalue weighted by atomic mass is 10.2. The fraction of sp³-hybridized carbons (Fsp3) is 0.615. The van der Waals surface area contributed by atoms with Gasteiger partial charge < -0.3 is 9.64 Å². The molecule has 2 heterocycles. The zero-order valence-corrected chi connectivity index (χ0v) is 13.0. The molecule has 0 aliphatic carbocycles. The van der Waals surface area contributed by atoms with Crippen LogP contribution in [-0.4, -0.2) is 67.0 Å². The number of amides is 1. The standard InChI is InChI=1S/C13H19N3O4S/c1-10-7-15-12(8-14-10)13(17)16(4-5-20-2)11-3-6-21(18,19)9-11/h7-8,11H,3-6,9H2,1-2H3. The second-order valence-electron chi connectivity index (χ2n) is 5.09. The van der Waals surface area contributed by atoms with Gasteiger partial charge in [0.15, 0.2) is 9.84 Å². The molecule has 0 spiro atoms. The Kier molecular flexibility index (Phi) is 4.89. The number of aromatic nitrogens is 2. The lowest BCUT2D eigenvalue weighted by Gasteiger charge is -2.27. The summed E-state index contributed by atoms with van der Waals surface area (Å²) in [5.41, 5.74) is 0.944. The first-order chi connectivity index (χ1) is 9.93. The molecular formula is C13H19N3O4S. The topological polar surface area (TPSA) is 89.5 Å². The molecule has 0 radical (unpaired) electrons. The van der Waals surface area contributed by atoms with Crippen molar-refractivity contribution in [3.63, 3.8) is 0 Å². The highest BCUT2D eigenvalue weighted by atomic mass is 32.2. The van der Waals surface area contributed by atoms with E-state index in [1.165, 1.54) is 17.3 Å². The maximum absolute atomic E-state index is 12.5. The van der Waals surface area contributed by atoms with Crippen molar-refractivity contribution in [3.8, 4) is 0 Å². The molecule has 1 aliphatic rings. The minimum absolute atomic E-state index is 0.00173. The van der Waals surface area contributed by atoms with E-state index in [0.29, 0.717) is 19.6 Å². The Morgan fingerprint density at radius 3 is 2.71 bits per heavy atom. The van der Waals surface area contributed by atoms with Gasteiger partial charge in [-0.2, -0.15) is 0 Å². The average molecular weight is 313 g/mol. The lowest BCUT2D eigenvalue weighted by molar-refractivity contribution is 0.0618. The predicted octanol–water partition coefficient (Wildman–Crippen LogP) is 0.0607. The van der Waals surface area contributed by atoms with Gasteiger partial charge in [-0.3, -0.25) is 9.78 Å². The molecule has 1 aromatic rings. The molecule has 1 unspecified atom stereocenters.